The van der Waals surface area contributed by atoms with E-state index in [0.717, 1.165) is 12.1 Å². The van der Waals surface area contributed by atoms with Gasteiger partial charge in [-0.2, -0.15) is 0 Å². The summed E-state index contributed by atoms with van der Waals surface area (Å²) >= 11 is 0. The second-order valence-corrected chi connectivity index (χ2v) is 17.3. The van der Waals surface area contributed by atoms with Crippen LogP contribution >= 0.6 is 0 Å². The van der Waals surface area contributed by atoms with Crippen LogP contribution in [-0.4, -0.2) is 4.40 Å². The van der Waals surface area contributed by atoms with Crippen molar-refractivity contribution >= 4 is 55.2 Å². The first-order valence-electron chi connectivity index (χ1n) is 21.1. The summed E-state index contributed by atoms with van der Waals surface area (Å²) in [4.78, 5) is 2.49. The van der Waals surface area contributed by atoms with Crippen LogP contribution in [0.15, 0.2) is 194 Å². The number of anilines is 3. The molecule has 0 amide bonds. The van der Waals surface area contributed by atoms with Gasteiger partial charge >= 0.3 is 0 Å². The van der Waals surface area contributed by atoms with E-state index >= 15 is 0 Å². The molecule has 0 fully saturated rings. The fourth-order valence-corrected chi connectivity index (χ4v) is 11.0. The molecule has 13 rings (SSSR count). The second-order valence-electron chi connectivity index (χ2n) is 17.3. The summed E-state index contributed by atoms with van der Waals surface area (Å²) in [6, 6.07) is 72.4. The first kappa shape index (κ1) is 33.5. The zero-order valence-electron chi connectivity index (χ0n) is 33.6. The van der Waals surface area contributed by atoms with Gasteiger partial charge in [0.2, 0.25) is 0 Å². The molecule has 282 valence electrons. The van der Waals surface area contributed by atoms with E-state index in [2.05, 4.69) is 217 Å². The molecule has 11 aromatic rings. The van der Waals surface area contributed by atoms with Gasteiger partial charge in [-0.05, 0) is 110 Å². The van der Waals surface area contributed by atoms with Gasteiger partial charge in [-0.3, -0.25) is 0 Å². The predicted molar refractivity (Wildman–Crippen MR) is 252 cm³/mol. The van der Waals surface area contributed by atoms with Gasteiger partial charge < -0.3 is 9.30 Å². The Hall–Kier alpha value is -7.42. The van der Waals surface area contributed by atoms with E-state index in [1.54, 1.807) is 0 Å². The van der Waals surface area contributed by atoms with Gasteiger partial charge in [0, 0.05) is 43.9 Å². The van der Waals surface area contributed by atoms with E-state index in [0.29, 0.717) is 0 Å². The summed E-state index contributed by atoms with van der Waals surface area (Å²) in [7, 11) is 0. The van der Waals surface area contributed by atoms with E-state index in [1.807, 2.05) is 0 Å². The summed E-state index contributed by atoms with van der Waals surface area (Å²) < 4.78 is 2.48. The van der Waals surface area contributed by atoms with Crippen molar-refractivity contribution in [2.75, 3.05) is 4.90 Å². The molecule has 0 spiro atoms. The smallest absolute Gasteiger partial charge is 0.0626 e. The molecule has 0 saturated carbocycles. The number of rotatable bonds is 5. The zero-order valence-corrected chi connectivity index (χ0v) is 33.6. The molecule has 2 aliphatic rings. The van der Waals surface area contributed by atoms with Gasteiger partial charge in [-0.25, -0.2) is 0 Å². The molecule has 2 heteroatoms. The minimum absolute atomic E-state index is 0.0927. The predicted octanol–water partition coefficient (Wildman–Crippen LogP) is 15.5. The summed E-state index contributed by atoms with van der Waals surface area (Å²) in [6.45, 7) is 4.73. The largest absolute Gasteiger partial charge is 0.310 e. The molecule has 60 heavy (non-hydrogen) atoms. The van der Waals surface area contributed by atoms with Gasteiger partial charge in [0.1, 0.15) is 0 Å². The zero-order chi connectivity index (χ0) is 39.7. The molecule has 2 nitrogen and oxygen atoms in total. The monoisotopic (exact) mass is 764 g/mol. The number of hydrogen-bond donors (Lipinski definition) is 0. The molecule has 0 unspecified atom stereocenters. The summed E-state index contributed by atoms with van der Waals surface area (Å²) in [5.41, 5.74) is 23.1. The Morgan fingerprint density at radius 3 is 1.88 bits per heavy atom. The maximum absolute atomic E-state index is 2.49. The standard InChI is InChI=1S/C58H40N2/c1-58(2)50-18-9-6-16-48(50)56-51(58)19-12-22-54(56)59(41-26-23-37(24-27-41)36-13-4-3-5-14-36)42-28-30-44-40(35-42)34-39-33-38(25-29-43(39)44)45-31-32-47-46-15-7-10-20-52(46)60-53-21-11-8-17-49(53)55(45)57(47)60/h3-33,35H,34H2,1-2H3. The van der Waals surface area contributed by atoms with Crippen molar-refractivity contribution in [2.45, 2.75) is 25.7 Å². The highest BCUT2D eigenvalue weighted by molar-refractivity contribution is 6.27. The molecule has 2 aliphatic carbocycles. The van der Waals surface area contributed by atoms with E-state index in [1.165, 1.54) is 116 Å². The van der Waals surface area contributed by atoms with E-state index in [9.17, 15) is 0 Å². The summed E-state index contributed by atoms with van der Waals surface area (Å²) in [5, 5.41) is 5.27. The van der Waals surface area contributed by atoms with Crippen molar-refractivity contribution in [3.05, 3.63) is 216 Å². The van der Waals surface area contributed by atoms with Crippen LogP contribution in [-0.2, 0) is 11.8 Å². The van der Waals surface area contributed by atoms with E-state index in [-0.39, 0.29) is 5.41 Å². The van der Waals surface area contributed by atoms with Gasteiger partial charge in [-0.15, -0.1) is 0 Å². The third kappa shape index (κ3) is 4.59. The fourth-order valence-electron chi connectivity index (χ4n) is 11.0. The highest BCUT2D eigenvalue weighted by Crippen LogP contribution is 2.55. The van der Waals surface area contributed by atoms with Crippen LogP contribution in [0.1, 0.15) is 36.1 Å². The Morgan fingerprint density at radius 2 is 1.05 bits per heavy atom. The van der Waals surface area contributed by atoms with Crippen LogP contribution in [0.25, 0.3) is 82.6 Å². The van der Waals surface area contributed by atoms with Crippen molar-refractivity contribution in [1.82, 2.24) is 4.40 Å². The third-order valence-corrected chi connectivity index (χ3v) is 13.7. The first-order chi connectivity index (χ1) is 29.5. The average molecular weight is 765 g/mol. The summed E-state index contributed by atoms with van der Waals surface area (Å²) in [5.74, 6) is 0. The highest BCUT2D eigenvalue weighted by Gasteiger charge is 2.38. The van der Waals surface area contributed by atoms with E-state index < -0.39 is 0 Å². The van der Waals surface area contributed by atoms with Gasteiger partial charge in [0.05, 0.1) is 22.2 Å². The molecule has 0 radical (unpaired) electrons. The van der Waals surface area contributed by atoms with Crippen molar-refractivity contribution in [3.8, 4) is 44.5 Å². The Kier molecular flexibility index (Phi) is 6.88. The molecule has 0 N–H and O–H groups in total. The Balaban J connectivity index is 0.942. The molecular weight excluding hydrogens is 725 g/mol. The van der Waals surface area contributed by atoms with Gasteiger partial charge in [0.25, 0.3) is 0 Å². The Labute approximate surface area is 349 Å². The quantitative estimate of drug-likeness (QED) is 0.169. The number of para-hydroxylation sites is 2. The number of benzene rings is 9. The fraction of sp³-hybridized carbons (Fsp3) is 0.0690. The van der Waals surface area contributed by atoms with Crippen LogP contribution < -0.4 is 4.90 Å². The molecule has 0 atom stereocenters. The van der Waals surface area contributed by atoms with Crippen molar-refractivity contribution in [1.29, 1.82) is 0 Å². The number of fused-ring (bicyclic) bond motifs is 12. The number of nitrogens with zero attached hydrogens (tertiary/aromatic N) is 2. The molecule has 0 bridgehead atoms. The SMILES string of the molecule is CC1(C)c2ccccc2-c2c(N(c3ccc(-c4ccccc4)cc3)c3ccc4c(c3)Cc3cc(-c5ccc6c7ccccc7n7c8ccccc8c5c67)ccc3-4)cccc21. The van der Waals surface area contributed by atoms with Gasteiger partial charge in [0.15, 0.2) is 0 Å². The third-order valence-electron chi connectivity index (χ3n) is 13.7. The lowest BCUT2D eigenvalue weighted by atomic mass is 9.82. The van der Waals surface area contributed by atoms with Crippen LogP contribution in [0, 0.1) is 0 Å². The summed E-state index contributed by atoms with van der Waals surface area (Å²) in [6.07, 6.45) is 0.893. The topological polar surface area (TPSA) is 7.65 Å². The molecule has 9 aromatic carbocycles. The van der Waals surface area contributed by atoms with Gasteiger partial charge in [-0.1, -0.05) is 166 Å². The van der Waals surface area contributed by atoms with Crippen molar-refractivity contribution in [3.63, 3.8) is 0 Å². The first-order valence-corrected chi connectivity index (χ1v) is 21.1. The molecule has 2 aromatic heterocycles. The number of aromatic nitrogens is 1. The Morgan fingerprint density at radius 1 is 0.433 bits per heavy atom. The lowest BCUT2D eigenvalue weighted by Gasteiger charge is -2.29. The molecule has 0 saturated heterocycles. The maximum Gasteiger partial charge on any atom is 0.0626 e. The lowest BCUT2D eigenvalue weighted by Crippen LogP contribution is -2.16. The minimum atomic E-state index is -0.0927. The highest BCUT2D eigenvalue weighted by atomic mass is 15.1. The Bertz CT molecular complexity index is 3530. The van der Waals surface area contributed by atoms with Crippen LogP contribution in [0.3, 0.4) is 0 Å². The molecule has 2 heterocycles. The maximum atomic E-state index is 2.49. The normalized spacial score (nSPS) is 13.6. The van der Waals surface area contributed by atoms with Crippen molar-refractivity contribution < 1.29 is 0 Å². The second kappa shape index (κ2) is 12.3. The minimum Gasteiger partial charge on any atom is -0.310 e. The molecule has 0 aliphatic heterocycles. The lowest BCUT2D eigenvalue weighted by molar-refractivity contribution is 0.660. The number of hydrogen-bond acceptors (Lipinski definition) is 1. The van der Waals surface area contributed by atoms with Crippen LogP contribution in [0.5, 0.6) is 0 Å². The van der Waals surface area contributed by atoms with Crippen molar-refractivity contribution in [2.24, 2.45) is 0 Å². The van der Waals surface area contributed by atoms with E-state index in [4.69, 9.17) is 0 Å². The van der Waals surface area contributed by atoms with Crippen LogP contribution in [0.4, 0.5) is 17.1 Å². The molecular formula is C58H40N2. The van der Waals surface area contributed by atoms with Crippen LogP contribution in [0.2, 0.25) is 0 Å². The average Bonchev–Trinajstić information content (AvgIpc) is 4.01.